The summed E-state index contributed by atoms with van der Waals surface area (Å²) in [4.78, 5) is 31.7. The van der Waals surface area contributed by atoms with Gasteiger partial charge in [-0.05, 0) is 24.3 Å². The molecular weight excluding hydrogens is 330 g/mol. The summed E-state index contributed by atoms with van der Waals surface area (Å²) in [6.07, 6.45) is 6.40. The van der Waals surface area contributed by atoms with E-state index < -0.39 is 0 Å². The number of benzene rings is 1. The molecule has 26 heavy (non-hydrogen) atoms. The van der Waals surface area contributed by atoms with Gasteiger partial charge in [-0.25, -0.2) is 4.79 Å². The van der Waals surface area contributed by atoms with E-state index in [1.54, 1.807) is 49.1 Å². The molecule has 7 nitrogen and oxygen atoms in total. The highest BCUT2D eigenvalue weighted by atomic mass is 16.2. The Bertz CT molecular complexity index is 928. The molecule has 0 radical (unpaired) electrons. The lowest BCUT2D eigenvalue weighted by atomic mass is 10.1. The fourth-order valence-electron chi connectivity index (χ4n) is 2.41. The number of amides is 3. The number of carbonyl (C=O) groups is 2. The Morgan fingerprint density at radius 1 is 0.846 bits per heavy atom. The van der Waals surface area contributed by atoms with Crippen molar-refractivity contribution in [1.82, 2.24) is 9.97 Å². The molecule has 0 aliphatic heterocycles. The highest BCUT2D eigenvalue weighted by molar-refractivity contribution is 6.00. The van der Waals surface area contributed by atoms with Crippen LogP contribution in [-0.4, -0.2) is 21.9 Å². The Morgan fingerprint density at radius 3 is 2.38 bits per heavy atom. The zero-order valence-electron chi connectivity index (χ0n) is 14.1. The largest absolute Gasteiger partial charge is 0.324 e. The van der Waals surface area contributed by atoms with Gasteiger partial charge in [0.25, 0.3) is 0 Å². The van der Waals surface area contributed by atoms with E-state index in [0.29, 0.717) is 17.1 Å². The van der Waals surface area contributed by atoms with E-state index in [4.69, 9.17) is 0 Å². The lowest BCUT2D eigenvalue weighted by Crippen LogP contribution is -2.19. The number of pyridine rings is 2. The highest BCUT2D eigenvalue weighted by Gasteiger charge is 2.09. The van der Waals surface area contributed by atoms with Crippen LogP contribution in [0, 0.1) is 0 Å². The number of nitrogens with one attached hydrogen (secondary N) is 3. The maximum absolute atomic E-state index is 12.1. The predicted molar refractivity (Wildman–Crippen MR) is 101 cm³/mol. The molecule has 0 fully saturated rings. The van der Waals surface area contributed by atoms with Crippen LogP contribution >= 0.6 is 0 Å². The van der Waals surface area contributed by atoms with E-state index in [0.717, 1.165) is 11.1 Å². The summed E-state index contributed by atoms with van der Waals surface area (Å²) in [5.41, 5.74) is 3.30. The quantitative estimate of drug-likeness (QED) is 0.670. The van der Waals surface area contributed by atoms with E-state index in [1.165, 1.54) is 6.92 Å². The third-order valence-electron chi connectivity index (χ3n) is 3.47. The van der Waals surface area contributed by atoms with Crippen molar-refractivity contribution in [3.05, 3.63) is 67.3 Å². The van der Waals surface area contributed by atoms with E-state index in [9.17, 15) is 9.59 Å². The predicted octanol–water partition coefficient (Wildman–Crippen LogP) is 3.75. The second kappa shape index (κ2) is 7.89. The molecule has 130 valence electrons. The van der Waals surface area contributed by atoms with Gasteiger partial charge < -0.3 is 16.0 Å². The molecule has 0 saturated carbocycles. The molecule has 7 heteroatoms. The van der Waals surface area contributed by atoms with Gasteiger partial charge in [-0.1, -0.05) is 18.2 Å². The van der Waals surface area contributed by atoms with Crippen LogP contribution < -0.4 is 16.0 Å². The molecule has 0 aliphatic rings. The Labute approximate surface area is 150 Å². The minimum Gasteiger partial charge on any atom is -0.324 e. The van der Waals surface area contributed by atoms with Crippen LogP contribution in [0.25, 0.3) is 11.1 Å². The average molecular weight is 347 g/mol. The van der Waals surface area contributed by atoms with Gasteiger partial charge in [0.05, 0.1) is 23.8 Å². The van der Waals surface area contributed by atoms with Gasteiger partial charge in [-0.15, -0.1) is 0 Å². The van der Waals surface area contributed by atoms with Gasteiger partial charge in [0.1, 0.15) is 0 Å². The van der Waals surface area contributed by atoms with Gasteiger partial charge in [-0.3, -0.25) is 14.8 Å². The smallest absolute Gasteiger partial charge is 0.323 e. The first-order chi connectivity index (χ1) is 12.6. The number of para-hydroxylation sites is 1. The fraction of sp³-hybridized carbons (Fsp3) is 0.0526. The number of rotatable bonds is 4. The summed E-state index contributed by atoms with van der Waals surface area (Å²) in [6, 6.07) is 12.3. The van der Waals surface area contributed by atoms with Crippen LogP contribution in [-0.2, 0) is 4.79 Å². The molecule has 0 saturated heterocycles. The Kier molecular flexibility index (Phi) is 5.19. The molecule has 2 heterocycles. The van der Waals surface area contributed by atoms with E-state index >= 15 is 0 Å². The Morgan fingerprint density at radius 2 is 1.62 bits per heavy atom. The number of urea groups is 1. The third-order valence-corrected chi connectivity index (χ3v) is 3.47. The zero-order valence-corrected chi connectivity index (χ0v) is 14.1. The van der Waals surface area contributed by atoms with Crippen molar-refractivity contribution < 1.29 is 9.59 Å². The zero-order chi connectivity index (χ0) is 18.4. The van der Waals surface area contributed by atoms with Crippen molar-refractivity contribution in [2.24, 2.45) is 0 Å². The van der Waals surface area contributed by atoms with Crippen LogP contribution in [0.1, 0.15) is 6.92 Å². The third kappa shape index (κ3) is 4.41. The number of anilines is 3. The molecule has 0 bridgehead atoms. The minimum atomic E-state index is -0.369. The number of nitrogens with zero attached hydrogens (tertiary/aromatic N) is 2. The molecule has 3 N–H and O–H groups in total. The van der Waals surface area contributed by atoms with Gasteiger partial charge >= 0.3 is 6.03 Å². The molecule has 3 amide bonds. The van der Waals surface area contributed by atoms with Crippen molar-refractivity contribution in [2.75, 3.05) is 16.0 Å². The minimum absolute atomic E-state index is 0.191. The van der Waals surface area contributed by atoms with Gasteiger partial charge in [-0.2, -0.15) is 0 Å². The normalized spacial score (nSPS) is 10.0. The molecule has 0 spiro atoms. The van der Waals surface area contributed by atoms with E-state index in [1.807, 2.05) is 18.2 Å². The molecule has 2 aromatic heterocycles. The lowest BCUT2D eigenvalue weighted by molar-refractivity contribution is -0.114. The van der Waals surface area contributed by atoms with Crippen LogP contribution in [0.5, 0.6) is 0 Å². The summed E-state index contributed by atoms with van der Waals surface area (Å²) in [5, 5.41) is 8.22. The average Bonchev–Trinajstić information content (AvgIpc) is 2.62. The van der Waals surface area contributed by atoms with Crippen molar-refractivity contribution in [3.8, 4) is 11.1 Å². The van der Waals surface area contributed by atoms with E-state index in [2.05, 4.69) is 25.9 Å². The first kappa shape index (κ1) is 17.1. The second-order valence-corrected chi connectivity index (χ2v) is 5.51. The maximum atomic E-state index is 12.1. The summed E-state index contributed by atoms with van der Waals surface area (Å²) in [5.74, 6) is -0.191. The van der Waals surface area contributed by atoms with Crippen molar-refractivity contribution in [2.45, 2.75) is 6.92 Å². The topological polar surface area (TPSA) is 96.0 Å². The van der Waals surface area contributed by atoms with Crippen molar-refractivity contribution in [3.63, 3.8) is 0 Å². The molecule has 0 unspecified atom stereocenters. The number of hydrogen-bond donors (Lipinski definition) is 3. The van der Waals surface area contributed by atoms with Crippen LogP contribution in [0.3, 0.4) is 0 Å². The number of aromatic nitrogens is 2. The number of hydrogen-bond acceptors (Lipinski definition) is 4. The molecule has 3 rings (SSSR count). The van der Waals surface area contributed by atoms with Crippen LogP contribution in [0.2, 0.25) is 0 Å². The summed E-state index contributed by atoms with van der Waals surface area (Å²) < 4.78 is 0. The second-order valence-electron chi connectivity index (χ2n) is 5.51. The van der Waals surface area contributed by atoms with Gasteiger partial charge in [0, 0.05) is 36.1 Å². The monoisotopic (exact) mass is 347 g/mol. The fourth-order valence-corrected chi connectivity index (χ4v) is 2.41. The first-order valence-electron chi connectivity index (χ1n) is 7.92. The van der Waals surface area contributed by atoms with Gasteiger partial charge in [0.15, 0.2) is 0 Å². The SMILES string of the molecule is CC(=O)Nc1cnccc1-c1cncc(NC(=O)Nc2ccccc2)c1. The molecule has 0 aliphatic carbocycles. The molecule has 1 aromatic carbocycles. The van der Waals surface area contributed by atoms with Crippen LogP contribution in [0.15, 0.2) is 67.3 Å². The maximum Gasteiger partial charge on any atom is 0.323 e. The Balaban J connectivity index is 1.79. The molecule has 0 atom stereocenters. The highest BCUT2D eigenvalue weighted by Crippen LogP contribution is 2.28. The Hall–Kier alpha value is -3.74. The van der Waals surface area contributed by atoms with Crippen LogP contribution in [0.4, 0.5) is 21.9 Å². The van der Waals surface area contributed by atoms with E-state index in [-0.39, 0.29) is 11.9 Å². The van der Waals surface area contributed by atoms with Crippen molar-refractivity contribution >= 4 is 29.0 Å². The summed E-state index contributed by atoms with van der Waals surface area (Å²) in [7, 11) is 0. The molecular formula is C19H17N5O2. The lowest BCUT2D eigenvalue weighted by Gasteiger charge is -2.11. The first-order valence-corrected chi connectivity index (χ1v) is 7.92. The van der Waals surface area contributed by atoms with Crippen molar-refractivity contribution in [1.29, 1.82) is 0 Å². The molecule has 3 aromatic rings. The number of carbonyl (C=O) groups excluding carboxylic acids is 2. The summed E-state index contributed by atoms with van der Waals surface area (Å²) >= 11 is 0. The standard InChI is InChI=1S/C19H17N5O2/c1-13(25)22-18-12-20-8-7-17(18)14-9-16(11-21-10-14)24-19(26)23-15-5-3-2-4-6-15/h2-12H,1H3,(H,22,25)(H2,23,24,26). The van der Waals surface area contributed by atoms with Gasteiger partial charge in [0.2, 0.25) is 5.91 Å². The summed E-state index contributed by atoms with van der Waals surface area (Å²) in [6.45, 7) is 1.43.